The minimum Gasteiger partial charge on any atom is -0.414 e. The monoisotopic (exact) mass is 315 g/mol. The van der Waals surface area contributed by atoms with Gasteiger partial charge in [-0.3, -0.25) is 0 Å². The van der Waals surface area contributed by atoms with Crippen molar-refractivity contribution in [1.82, 2.24) is 15.5 Å². The SMILES string of the molecule is Cl.Fc1cccc(CSc2nnc(C3CCCN3)o2)c1. The molecule has 4 nitrogen and oxygen atoms in total. The standard InChI is InChI=1S/C13H14FN3OS.ClH/c14-10-4-1-3-9(7-10)8-19-13-17-16-12(18-13)11-5-2-6-15-11;/h1,3-4,7,11,15H,2,5-6,8H2;1H. The van der Waals surface area contributed by atoms with Crippen LogP contribution in [0.1, 0.15) is 30.3 Å². The molecule has 1 aliphatic rings. The van der Waals surface area contributed by atoms with Gasteiger partial charge in [-0.1, -0.05) is 23.9 Å². The van der Waals surface area contributed by atoms with Gasteiger partial charge in [-0.05, 0) is 37.1 Å². The minimum absolute atomic E-state index is 0. The molecular weight excluding hydrogens is 301 g/mol. The highest BCUT2D eigenvalue weighted by molar-refractivity contribution is 7.98. The van der Waals surface area contributed by atoms with E-state index in [1.165, 1.54) is 23.9 Å². The lowest BCUT2D eigenvalue weighted by Gasteiger charge is -2.02. The molecule has 7 heteroatoms. The Morgan fingerprint density at radius 2 is 2.30 bits per heavy atom. The van der Waals surface area contributed by atoms with Crippen LogP contribution in [0.4, 0.5) is 4.39 Å². The van der Waals surface area contributed by atoms with Crippen LogP contribution in [0.3, 0.4) is 0 Å². The van der Waals surface area contributed by atoms with Crippen LogP contribution in [-0.4, -0.2) is 16.7 Å². The first-order chi connectivity index (χ1) is 9.31. The van der Waals surface area contributed by atoms with Crippen LogP contribution in [0, 0.1) is 5.82 Å². The summed E-state index contributed by atoms with van der Waals surface area (Å²) >= 11 is 1.43. The number of hydrogen-bond donors (Lipinski definition) is 1. The number of halogens is 2. The van der Waals surface area contributed by atoms with Crippen molar-refractivity contribution in [3.05, 3.63) is 41.5 Å². The Morgan fingerprint density at radius 1 is 1.40 bits per heavy atom. The van der Waals surface area contributed by atoms with E-state index in [1.54, 1.807) is 6.07 Å². The zero-order valence-electron chi connectivity index (χ0n) is 10.7. The second-order valence-corrected chi connectivity index (χ2v) is 5.40. The van der Waals surface area contributed by atoms with Crippen molar-refractivity contribution in [2.45, 2.75) is 29.9 Å². The maximum atomic E-state index is 13.0. The quantitative estimate of drug-likeness (QED) is 0.877. The Kier molecular flexibility index (Phi) is 5.39. The molecule has 1 atom stereocenters. The lowest BCUT2D eigenvalue weighted by Crippen LogP contribution is -2.12. The van der Waals surface area contributed by atoms with Crippen molar-refractivity contribution in [2.24, 2.45) is 0 Å². The van der Waals surface area contributed by atoms with E-state index in [9.17, 15) is 4.39 Å². The molecule has 2 heterocycles. The van der Waals surface area contributed by atoms with E-state index in [0.717, 1.165) is 24.9 Å². The van der Waals surface area contributed by atoms with E-state index in [1.807, 2.05) is 6.07 Å². The normalized spacial score (nSPS) is 17.9. The molecule has 2 aromatic rings. The molecule has 20 heavy (non-hydrogen) atoms. The van der Waals surface area contributed by atoms with Crippen LogP contribution in [0.5, 0.6) is 0 Å². The van der Waals surface area contributed by atoms with Gasteiger partial charge in [0.05, 0.1) is 6.04 Å². The molecule has 0 aliphatic carbocycles. The van der Waals surface area contributed by atoms with Crippen molar-refractivity contribution in [2.75, 3.05) is 6.54 Å². The first kappa shape index (κ1) is 15.3. The third kappa shape index (κ3) is 3.71. The molecule has 0 bridgehead atoms. The molecular formula is C13H15ClFN3OS. The fourth-order valence-electron chi connectivity index (χ4n) is 2.09. The largest absolute Gasteiger partial charge is 0.414 e. The van der Waals surface area contributed by atoms with Gasteiger partial charge in [-0.2, -0.15) is 0 Å². The molecule has 1 fully saturated rings. The second kappa shape index (κ2) is 7.06. The Bertz CT molecular complexity index is 560. The average Bonchev–Trinajstić information content (AvgIpc) is 3.07. The molecule has 1 saturated heterocycles. The maximum absolute atomic E-state index is 13.0. The molecule has 108 valence electrons. The van der Waals surface area contributed by atoms with Gasteiger partial charge < -0.3 is 9.73 Å². The van der Waals surface area contributed by atoms with Gasteiger partial charge in [-0.25, -0.2) is 4.39 Å². The summed E-state index contributed by atoms with van der Waals surface area (Å²) in [5.41, 5.74) is 0.906. The fourth-order valence-corrected chi connectivity index (χ4v) is 2.80. The van der Waals surface area contributed by atoms with Crippen LogP contribution in [0.25, 0.3) is 0 Å². The third-order valence-corrected chi connectivity index (χ3v) is 3.92. The minimum atomic E-state index is -0.223. The summed E-state index contributed by atoms with van der Waals surface area (Å²) in [7, 11) is 0. The highest BCUT2D eigenvalue weighted by Crippen LogP contribution is 2.26. The Balaban J connectivity index is 0.00000147. The summed E-state index contributed by atoms with van der Waals surface area (Å²) in [5.74, 6) is 1.05. The van der Waals surface area contributed by atoms with Gasteiger partial charge in [0.2, 0.25) is 5.89 Å². The van der Waals surface area contributed by atoms with Crippen LogP contribution in [0.15, 0.2) is 33.9 Å². The van der Waals surface area contributed by atoms with E-state index in [2.05, 4.69) is 15.5 Å². The van der Waals surface area contributed by atoms with Crippen molar-refractivity contribution >= 4 is 24.2 Å². The number of nitrogens with zero attached hydrogens (tertiary/aromatic N) is 2. The summed E-state index contributed by atoms with van der Waals surface area (Å²) < 4.78 is 18.6. The van der Waals surface area contributed by atoms with Gasteiger partial charge in [-0.15, -0.1) is 22.6 Å². The number of aromatic nitrogens is 2. The van der Waals surface area contributed by atoms with E-state index in [0.29, 0.717) is 16.9 Å². The van der Waals surface area contributed by atoms with Crippen LogP contribution >= 0.6 is 24.2 Å². The lowest BCUT2D eigenvalue weighted by molar-refractivity contribution is 0.374. The predicted molar refractivity (Wildman–Crippen MR) is 77.5 cm³/mol. The second-order valence-electron chi connectivity index (χ2n) is 4.47. The maximum Gasteiger partial charge on any atom is 0.276 e. The Hall–Kier alpha value is -1.11. The van der Waals surface area contributed by atoms with E-state index >= 15 is 0 Å². The molecule has 1 aromatic carbocycles. The van der Waals surface area contributed by atoms with Gasteiger partial charge in [0.25, 0.3) is 5.22 Å². The number of rotatable bonds is 4. The van der Waals surface area contributed by atoms with Crippen LogP contribution < -0.4 is 5.32 Å². The zero-order chi connectivity index (χ0) is 13.1. The highest BCUT2D eigenvalue weighted by atomic mass is 35.5. The van der Waals surface area contributed by atoms with E-state index in [4.69, 9.17) is 4.42 Å². The van der Waals surface area contributed by atoms with Crippen molar-refractivity contribution < 1.29 is 8.81 Å². The summed E-state index contributed by atoms with van der Waals surface area (Å²) in [6.07, 6.45) is 2.18. The lowest BCUT2D eigenvalue weighted by atomic mass is 10.2. The first-order valence-corrected chi connectivity index (χ1v) is 7.24. The molecule has 0 amide bonds. The summed E-state index contributed by atoms with van der Waals surface area (Å²) in [6.45, 7) is 0.999. The van der Waals surface area contributed by atoms with Gasteiger partial charge in [0.15, 0.2) is 0 Å². The first-order valence-electron chi connectivity index (χ1n) is 6.25. The smallest absolute Gasteiger partial charge is 0.276 e. The molecule has 3 rings (SSSR count). The molecule has 1 aliphatic heterocycles. The molecule has 1 aromatic heterocycles. The van der Waals surface area contributed by atoms with Crippen LogP contribution in [0.2, 0.25) is 0 Å². The highest BCUT2D eigenvalue weighted by Gasteiger charge is 2.22. The number of benzene rings is 1. The summed E-state index contributed by atoms with van der Waals surface area (Å²) in [4.78, 5) is 0. The van der Waals surface area contributed by atoms with E-state index in [-0.39, 0.29) is 24.3 Å². The van der Waals surface area contributed by atoms with Gasteiger partial charge >= 0.3 is 0 Å². The Morgan fingerprint density at radius 3 is 3.05 bits per heavy atom. The third-order valence-electron chi connectivity index (χ3n) is 3.03. The topological polar surface area (TPSA) is 51.0 Å². The fraction of sp³-hybridized carbons (Fsp3) is 0.385. The number of hydrogen-bond acceptors (Lipinski definition) is 5. The van der Waals surface area contributed by atoms with Crippen LogP contribution in [-0.2, 0) is 5.75 Å². The van der Waals surface area contributed by atoms with Crippen molar-refractivity contribution in [3.63, 3.8) is 0 Å². The Labute approximate surface area is 127 Å². The van der Waals surface area contributed by atoms with E-state index < -0.39 is 0 Å². The zero-order valence-corrected chi connectivity index (χ0v) is 12.3. The average molecular weight is 316 g/mol. The predicted octanol–water partition coefficient (Wildman–Crippen LogP) is 3.35. The van der Waals surface area contributed by atoms with Crippen molar-refractivity contribution in [1.29, 1.82) is 0 Å². The molecule has 0 spiro atoms. The molecule has 0 radical (unpaired) electrons. The molecule has 1 unspecified atom stereocenters. The van der Waals surface area contributed by atoms with Gasteiger partial charge in [0, 0.05) is 5.75 Å². The number of thioether (sulfide) groups is 1. The number of nitrogens with one attached hydrogen (secondary N) is 1. The molecule has 1 N–H and O–H groups in total. The summed E-state index contributed by atoms with van der Waals surface area (Å²) in [5, 5.41) is 11.9. The van der Waals surface area contributed by atoms with Crippen molar-refractivity contribution in [3.8, 4) is 0 Å². The molecule has 0 saturated carbocycles. The summed E-state index contributed by atoms with van der Waals surface area (Å²) in [6, 6.07) is 6.72. The van der Waals surface area contributed by atoms with Gasteiger partial charge in [0.1, 0.15) is 5.82 Å².